The van der Waals surface area contributed by atoms with Gasteiger partial charge in [0, 0.05) is 32.1 Å². The molecule has 0 radical (unpaired) electrons. The molecule has 2 aliphatic rings. The second-order valence-corrected chi connectivity index (χ2v) is 9.37. The average Bonchev–Trinajstić information content (AvgIpc) is 2.74. The number of piperidine rings is 1. The van der Waals surface area contributed by atoms with E-state index in [9.17, 15) is 8.42 Å². The van der Waals surface area contributed by atoms with Crippen molar-refractivity contribution in [2.75, 3.05) is 18.8 Å². The predicted octanol–water partition coefficient (Wildman–Crippen LogP) is 1.89. The summed E-state index contributed by atoms with van der Waals surface area (Å²) in [6.07, 6.45) is 6.95. The number of nitrogens with one attached hydrogen (secondary N) is 1. The molecule has 1 aromatic rings. The average molecular weight is 388 g/mol. The van der Waals surface area contributed by atoms with Gasteiger partial charge in [-0.2, -0.15) is 5.10 Å². The first-order chi connectivity index (χ1) is 12.0. The molecule has 142 valence electrons. The maximum atomic E-state index is 11.9. The smallest absolute Gasteiger partial charge is 0.211 e. The van der Waals surface area contributed by atoms with E-state index in [0.29, 0.717) is 13.1 Å². The third-order valence-electron chi connectivity index (χ3n) is 5.02. The Morgan fingerprint density at radius 2 is 1.96 bits per heavy atom. The van der Waals surface area contributed by atoms with Crippen molar-refractivity contribution in [3.8, 4) is 0 Å². The quantitative estimate of drug-likeness (QED) is 0.755. The van der Waals surface area contributed by atoms with Gasteiger partial charge in [-0.25, -0.2) is 17.8 Å². The molecule has 0 amide bonds. The topological polar surface area (TPSA) is 72.2 Å². The normalized spacial score (nSPS) is 20.4. The highest BCUT2D eigenvalue weighted by atomic mass is 32.2. The molecule has 0 aromatic carbocycles. The number of sulfonamides is 1. The lowest BCUT2D eigenvalue weighted by Gasteiger charge is -2.31. The Bertz CT molecular complexity index is 732. The number of likely N-dealkylation sites (tertiary alicyclic amines) is 1. The van der Waals surface area contributed by atoms with E-state index in [4.69, 9.17) is 17.3 Å². The molecule has 9 heteroatoms. The van der Waals surface area contributed by atoms with Crippen LogP contribution in [0.1, 0.15) is 51.3 Å². The molecule has 3 heterocycles. The molecule has 3 rings (SSSR count). The van der Waals surface area contributed by atoms with Crippen LogP contribution in [0.25, 0.3) is 0 Å². The van der Waals surface area contributed by atoms with Crippen LogP contribution in [0.5, 0.6) is 0 Å². The van der Waals surface area contributed by atoms with Gasteiger partial charge in [-0.05, 0) is 44.3 Å². The highest BCUT2D eigenvalue weighted by Gasteiger charge is 2.24. The van der Waals surface area contributed by atoms with Gasteiger partial charge in [0.25, 0.3) is 0 Å². The van der Waals surface area contributed by atoms with Gasteiger partial charge >= 0.3 is 0 Å². The Labute approximate surface area is 155 Å². The van der Waals surface area contributed by atoms with Crippen LogP contribution in [0.2, 0.25) is 0 Å². The van der Waals surface area contributed by atoms with E-state index in [-0.39, 0.29) is 11.8 Å². The van der Waals surface area contributed by atoms with Crippen molar-refractivity contribution in [3.05, 3.63) is 10.6 Å². The molecule has 1 N–H and O–H groups in total. The van der Waals surface area contributed by atoms with Gasteiger partial charge in [-0.3, -0.25) is 4.90 Å². The molecule has 7 nitrogen and oxygen atoms in total. The molecule has 0 saturated carbocycles. The van der Waals surface area contributed by atoms with Gasteiger partial charge in [0.05, 0.1) is 12.4 Å². The van der Waals surface area contributed by atoms with Gasteiger partial charge in [-0.1, -0.05) is 13.3 Å². The van der Waals surface area contributed by atoms with Gasteiger partial charge in [-0.15, -0.1) is 0 Å². The molecule has 1 aromatic heterocycles. The number of aryl methyl sites for hydroxylation is 1. The minimum atomic E-state index is -3.13. The molecule has 1 fully saturated rings. The fraction of sp³-hybridized carbons (Fsp3) is 0.875. The summed E-state index contributed by atoms with van der Waals surface area (Å²) in [6.45, 7) is 5.30. The van der Waals surface area contributed by atoms with E-state index in [2.05, 4.69) is 14.2 Å². The zero-order valence-electron chi connectivity index (χ0n) is 15.0. The molecule has 1 saturated heterocycles. The van der Waals surface area contributed by atoms with E-state index in [1.807, 2.05) is 11.6 Å². The van der Waals surface area contributed by atoms with Crippen LogP contribution in [-0.2, 0) is 29.7 Å². The standard InChI is InChI=1S/C16H29N5O2S2/c1-2-12-25(22,23)18-14-7-10-19(11-8-14)13-21-16(24)20-9-5-3-4-6-15(20)17-21/h14,18H,2-13H2,1H3. The Kier molecular flexibility index (Phi) is 6.30. The first-order valence-electron chi connectivity index (χ1n) is 9.37. The van der Waals surface area contributed by atoms with Gasteiger partial charge in [0.2, 0.25) is 10.0 Å². The van der Waals surface area contributed by atoms with E-state index >= 15 is 0 Å². The Balaban J connectivity index is 1.55. The van der Waals surface area contributed by atoms with Crippen molar-refractivity contribution in [1.82, 2.24) is 24.0 Å². The predicted molar refractivity (Wildman–Crippen MR) is 100 cm³/mol. The summed E-state index contributed by atoms with van der Waals surface area (Å²) in [4.78, 5) is 2.31. The lowest BCUT2D eigenvalue weighted by molar-refractivity contribution is 0.157. The number of fused-ring (bicyclic) bond motifs is 1. The number of rotatable bonds is 6. The summed E-state index contributed by atoms with van der Waals surface area (Å²) in [5, 5.41) is 4.73. The first kappa shape index (κ1) is 19.0. The monoisotopic (exact) mass is 387 g/mol. The zero-order chi connectivity index (χ0) is 17.9. The van der Waals surface area contributed by atoms with Crippen LogP contribution in [-0.4, -0.2) is 52.5 Å². The summed E-state index contributed by atoms with van der Waals surface area (Å²) in [5.74, 6) is 1.33. The molecule has 2 aliphatic heterocycles. The molecule has 0 spiro atoms. The Morgan fingerprint density at radius 3 is 2.68 bits per heavy atom. The molecule has 25 heavy (non-hydrogen) atoms. The highest BCUT2D eigenvalue weighted by Crippen LogP contribution is 2.16. The van der Waals surface area contributed by atoms with Crippen molar-refractivity contribution >= 4 is 22.2 Å². The molecule has 0 aliphatic carbocycles. The Hall–Kier alpha value is -0.770. The summed E-state index contributed by atoms with van der Waals surface area (Å²) < 4.78 is 31.6. The van der Waals surface area contributed by atoms with Crippen molar-refractivity contribution in [2.45, 2.75) is 71.1 Å². The highest BCUT2D eigenvalue weighted by molar-refractivity contribution is 7.89. The van der Waals surface area contributed by atoms with Gasteiger partial charge in [0.15, 0.2) is 4.77 Å². The summed E-state index contributed by atoms with van der Waals surface area (Å²) in [7, 11) is -3.13. The summed E-state index contributed by atoms with van der Waals surface area (Å²) >= 11 is 5.61. The molecular weight excluding hydrogens is 358 g/mol. The van der Waals surface area contributed by atoms with Crippen molar-refractivity contribution < 1.29 is 8.42 Å². The van der Waals surface area contributed by atoms with Crippen LogP contribution in [0, 0.1) is 4.77 Å². The van der Waals surface area contributed by atoms with Crippen LogP contribution >= 0.6 is 12.2 Å². The molecule has 0 bridgehead atoms. The van der Waals surface area contributed by atoms with Crippen molar-refractivity contribution in [1.29, 1.82) is 0 Å². The third kappa shape index (κ3) is 4.90. The van der Waals surface area contributed by atoms with Crippen molar-refractivity contribution in [3.63, 3.8) is 0 Å². The van der Waals surface area contributed by atoms with E-state index < -0.39 is 10.0 Å². The molecule has 0 atom stereocenters. The fourth-order valence-electron chi connectivity index (χ4n) is 3.68. The van der Waals surface area contributed by atoms with E-state index in [1.54, 1.807) is 0 Å². The number of hydrogen-bond acceptors (Lipinski definition) is 5. The molecular formula is C16H29N5O2S2. The second-order valence-electron chi connectivity index (χ2n) is 7.13. The Morgan fingerprint density at radius 1 is 1.20 bits per heavy atom. The van der Waals surface area contributed by atoms with Crippen LogP contribution in [0.4, 0.5) is 0 Å². The summed E-state index contributed by atoms with van der Waals surface area (Å²) in [5.41, 5.74) is 0. The van der Waals surface area contributed by atoms with Crippen LogP contribution < -0.4 is 4.72 Å². The maximum absolute atomic E-state index is 11.9. The number of nitrogens with zero attached hydrogens (tertiary/aromatic N) is 4. The van der Waals surface area contributed by atoms with E-state index in [1.165, 1.54) is 19.3 Å². The molecule has 0 unspecified atom stereocenters. The lowest BCUT2D eigenvalue weighted by Crippen LogP contribution is -2.45. The lowest BCUT2D eigenvalue weighted by atomic mass is 10.1. The SMILES string of the molecule is CCCS(=O)(=O)NC1CCN(Cn2nc3n(c2=S)CCCCC3)CC1. The van der Waals surface area contributed by atoms with Crippen LogP contribution in [0.15, 0.2) is 0 Å². The van der Waals surface area contributed by atoms with Crippen molar-refractivity contribution in [2.24, 2.45) is 0 Å². The fourth-order valence-corrected chi connectivity index (χ4v) is 5.37. The van der Waals surface area contributed by atoms with Gasteiger partial charge in [0.1, 0.15) is 5.82 Å². The maximum Gasteiger partial charge on any atom is 0.211 e. The summed E-state index contributed by atoms with van der Waals surface area (Å²) in [6, 6.07) is 0.0551. The number of aromatic nitrogens is 3. The van der Waals surface area contributed by atoms with Crippen LogP contribution in [0.3, 0.4) is 0 Å². The largest absolute Gasteiger partial charge is 0.304 e. The number of hydrogen-bond donors (Lipinski definition) is 1. The van der Waals surface area contributed by atoms with E-state index in [0.717, 1.165) is 49.5 Å². The minimum absolute atomic E-state index is 0.0551. The first-order valence-corrected chi connectivity index (χ1v) is 11.4. The minimum Gasteiger partial charge on any atom is -0.304 e. The zero-order valence-corrected chi connectivity index (χ0v) is 16.6. The van der Waals surface area contributed by atoms with Gasteiger partial charge < -0.3 is 4.57 Å². The third-order valence-corrected chi connectivity index (χ3v) is 7.09. The second kappa shape index (κ2) is 8.28.